The van der Waals surface area contributed by atoms with Gasteiger partial charge in [-0.15, -0.1) is 0 Å². The number of methoxy groups -OCH3 is 1. The Morgan fingerprint density at radius 2 is 1.20 bits per heavy atom. The third-order valence-electron chi connectivity index (χ3n) is 7.18. The fourth-order valence-corrected chi connectivity index (χ4v) is 5.16. The molecular weight excluding hydrogens is 394 g/mol. The second-order valence-corrected chi connectivity index (χ2v) is 14.2. The van der Waals surface area contributed by atoms with Gasteiger partial charge >= 0.3 is 14.2 Å². The summed E-state index contributed by atoms with van der Waals surface area (Å²) in [6, 6.07) is 5.06. The van der Waals surface area contributed by atoms with Gasteiger partial charge in [0.25, 0.3) is 0 Å². The van der Waals surface area contributed by atoms with Gasteiger partial charge in [-0.1, -0.05) is 19.2 Å². The topological polar surface area (TPSA) is 46.2 Å². The molecule has 0 atom stereocenters. The average Bonchev–Trinajstić information content (AvgIpc) is 2.93. The monoisotopic (exact) mass is 432 g/mol. The fourth-order valence-electron chi connectivity index (χ4n) is 3.88. The molecule has 0 saturated carbocycles. The summed E-state index contributed by atoms with van der Waals surface area (Å²) in [6.07, 6.45) is 0. The van der Waals surface area contributed by atoms with E-state index in [0.717, 1.165) is 22.7 Å². The molecule has 0 N–H and O–H groups in total. The van der Waals surface area contributed by atoms with Crippen LogP contribution in [0.5, 0.6) is 5.75 Å². The SMILES string of the molecule is COc1ccc(B2OC(C)(C)C(C)(C)O2)c(C[SiH](C)C)c1B1OC(C)(C)C(C)(C)O1. The number of hydrogen-bond donors (Lipinski definition) is 0. The highest BCUT2D eigenvalue weighted by atomic mass is 28.3. The second kappa shape index (κ2) is 7.66. The summed E-state index contributed by atoms with van der Waals surface area (Å²) in [5.41, 5.74) is 1.59. The molecule has 5 nitrogen and oxygen atoms in total. The van der Waals surface area contributed by atoms with Crippen LogP contribution < -0.4 is 15.7 Å². The number of benzene rings is 1. The molecule has 30 heavy (non-hydrogen) atoms. The van der Waals surface area contributed by atoms with E-state index in [1.807, 2.05) is 6.07 Å². The lowest BCUT2D eigenvalue weighted by molar-refractivity contribution is 0.00578. The predicted octanol–water partition coefficient (Wildman–Crippen LogP) is 2.86. The molecule has 1 aromatic carbocycles. The molecule has 8 heteroatoms. The largest absolute Gasteiger partial charge is 0.498 e. The van der Waals surface area contributed by atoms with Crippen LogP contribution in [-0.4, -0.2) is 52.5 Å². The Kier molecular flexibility index (Phi) is 6.09. The van der Waals surface area contributed by atoms with Gasteiger partial charge in [0, 0.05) is 14.3 Å². The molecule has 2 aliphatic rings. The maximum absolute atomic E-state index is 6.45. The lowest BCUT2D eigenvalue weighted by Crippen LogP contribution is -2.47. The van der Waals surface area contributed by atoms with Gasteiger partial charge in [0.2, 0.25) is 0 Å². The van der Waals surface area contributed by atoms with Gasteiger partial charge in [-0.3, -0.25) is 0 Å². The molecule has 3 rings (SSSR count). The van der Waals surface area contributed by atoms with E-state index in [1.54, 1.807) is 7.11 Å². The highest BCUT2D eigenvalue weighted by molar-refractivity contribution is 6.69. The molecule has 2 aliphatic heterocycles. The van der Waals surface area contributed by atoms with Crippen LogP contribution in [0.1, 0.15) is 61.0 Å². The van der Waals surface area contributed by atoms with Gasteiger partial charge in [-0.05, 0) is 78.5 Å². The van der Waals surface area contributed by atoms with Crippen molar-refractivity contribution in [2.75, 3.05) is 7.11 Å². The zero-order chi connectivity index (χ0) is 22.7. The smallest absolute Gasteiger partial charge is 0.497 e. The van der Waals surface area contributed by atoms with Gasteiger partial charge in [0.15, 0.2) is 0 Å². The first-order valence-corrected chi connectivity index (χ1v) is 14.2. The van der Waals surface area contributed by atoms with Crippen LogP contribution in [0.3, 0.4) is 0 Å². The maximum Gasteiger partial charge on any atom is 0.498 e. The molecule has 2 fully saturated rings. The molecule has 166 valence electrons. The normalized spacial score (nSPS) is 24.0. The second-order valence-electron chi connectivity index (χ2n) is 11.0. The third-order valence-corrected chi connectivity index (χ3v) is 8.41. The van der Waals surface area contributed by atoms with Crippen LogP contribution in [0.25, 0.3) is 0 Å². The van der Waals surface area contributed by atoms with Gasteiger partial charge in [0.1, 0.15) is 5.75 Å². The zero-order valence-corrected chi connectivity index (χ0v) is 21.8. The van der Waals surface area contributed by atoms with Crippen molar-refractivity contribution in [3.63, 3.8) is 0 Å². The average molecular weight is 432 g/mol. The Hall–Kier alpha value is -0.793. The fraction of sp³-hybridized carbons (Fsp3) is 0.727. The lowest BCUT2D eigenvalue weighted by atomic mass is 9.67. The lowest BCUT2D eigenvalue weighted by Gasteiger charge is -2.32. The third kappa shape index (κ3) is 4.02. The Balaban J connectivity index is 2.14. The van der Waals surface area contributed by atoms with Crippen molar-refractivity contribution < 1.29 is 23.4 Å². The first-order chi connectivity index (χ1) is 13.6. The van der Waals surface area contributed by atoms with E-state index in [0.29, 0.717) is 0 Å². The minimum absolute atomic E-state index is 0.394. The van der Waals surface area contributed by atoms with Crippen molar-refractivity contribution in [1.29, 1.82) is 0 Å². The number of rotatable bonds is 5. The van der Waals surface area contributed by atoms with Gasteiger partial charge in [0.05, 0.1) is 29.5 Å². The molecule has 0 aromatic heterocycles. The summed E-state index contributed by atoms with van der Waals surface area (Å²) in [5.74, 6) is 0.790. The quantitative estimate of drug-likeness (QED) is 0.670. The van der Waals surface area contributed by atoms with Gasteiger partial charge < -0.3 is 23.4 Å². The molecule has 0 bridgehead atoms. The van der Waals surface area contributed by atoms with Gasteiger partial charge in [-0.25, -0.2) is 0 Å². The highest BCUT2D eigenvalue weighted by Crippen LogP contribution is 2.39. The van der Waals surface area contributed by atoms with Crippen LogP contribution in [0.15, 0.2) is 12.1 Å². The van der Waals surface area contributed by atoms with Crippen LogP contribution in [0, 0.1) is 0 Å². The maximum atomic E-state index is 6.45. The Bertz CT molecular complexity index is 775. The molecule has 0 radical (unpaired) electrons. The van der Waals surface area contributed by atoms with E-state index in [-0.39, 0.29) is 0 Å². The van der Waals surface area contributed by atoms with Crippen molar-refractivity contribution in [1.82, 2.24) is 0 Å². The van der Waals surface area contributed by atoms with Crippen LogP contribution in [-0.2, 0) is 24.7 Å². The molecule has 0 amide bonds. The zero-order valence-electron chi connectivity index (χ0n) is 20.6. The van der Waals surface area contributed by atoms with Crippen molar-refractivity contribution in [3.8, 4) is 5.75 Å². The van der Waals surface area contributed by atoms with Crippen LogP contribution >= 0.6 is 0 Å². The van der Waals surface area contributed by atoms with E-state index >= 15 is 0 Å². The Morgan fingerprint density at radius 1 is 0.767 bits per heavy atom. The summed E-state index contributed by atoms with van der Waals surface area (Å²) in [6.45, 7) is 21.4. The van der Waals surface area contributed by atoms with Crippen molar-refractivity contribution in [2.45, 2.75) is 96.9 Å². The van der Waals surface area contributed by atoms with E-state index in [2.05, 4.69) is 74.6 Å². The van der Waals surface area contributed by atoms with Crippen molar-refractivity contribution in [2.24, 2.45) is 0 Å². The summed E-state index contributed by atoms with van der Waals surface area (Å²) in [4.78, 5) is 0. The molecule has 0 unspecified atom stereocenters. The minimum atomic E-state index is -0.981. The predicted molar refractivity (Wildman–Crippen MR) is 127 cm³/mol. The Labute approximate surface area is 185 Å². The molecule has 1 aromatic rings. The summed E-state index contributed by atoms with van der Waals surface area (Å²) >= 11 is 0. The first kappa shape index (κ1) is 23.9. The summed E-state index contributed by atoms with van der Waals surface area (Å²) in [7, 11) is -0.194. The van der Waals surface area contributed by atoms with E-state index < -0.39 is 45.4 Å². The minimum Gasteiger partial charge on any atom is -0.497 e. The highest BCUT2D eigenvalue weighted by Gasteiger charge is 2.55. The van der Waals surface area contributed by atoms with Crippen LogP contribution in [0.4, 0.5) is 0 Å². The molecule has 0 aliphatic carbocycles. The Morgan fingerprint density at radius 3 is 1.60 bits per heavy atom. The first-order valence-electron chi connectivity index (χ1n) is 11.0. The standard InChI is InChI=1S/C22H38B2O5Si/c1-19(2)20(3,4)27-23(26-19)16-12-13-17(25-9)18(15(16)14-30(10)11)24-28-21(5,6)22(7,8)29-24/h12-13,30H,14H2,1-11H3. The van der Waals surface area contributed by atoms with E-state index in [1.165, 1.54) is 5.56 Å². The van der Waals surface area contributed by atoms with Crippen molar-refractivity contribution >= 4 is 34.0 Å². The van der Waals surface area contributed by atoms with E-state index in [4.69, 9.17) is 23.4 Å². The van der Waals surface area contributed by atoms with Crippen LogP contribution in [0.2, 0.25) is 13.1 Å². The van der Waals surface area contributed by atoms with Gasteiger partial charge in [-0.2, -0.15) is 0 Å². The number of ether oxygens (including phenoxy) is 1. The van der Waals surface area contributed by atoms with E-state index in [9.17, 15) is 0 Å². The molecular formula is C22H38B2O5Si. The number of hydrogen-bond acceptors (Lipinski definition) is 5. The molecule has 0 spiro atoms. The summed E-state index contributed by atoms with van der Waals surface area (Å²) in [5, 5.41) is 0. The van der Waals surface area contributed by atoms with Crippen molar-refractivity contribution in [3.05, 3.63) is 17.7 Å². The summed E-state index contributed by atoms with van der Waals surface area (Å²) < 4.78 is 31.5. The molecule has 2 saturated heterocycles. The molecule has 2 heterocycles.